The van der Waals surface area contributed by atoms with E-state index in [9.17, 15) is 4.79 Å². The van der Waals surface area contributed by atoms with Gasteiger partial charge in [0.05, 0.1) is 18.2 Å². The number of carbonyl (C=O) groups is 1. The van der Waals surface area contributed by atoms with Crippen LogP contribution in [-0.2, 0) is 4.74 Å². The number of hydrogen-bond acceptors (Lipinski definition) is 3. The molecule has 4 nitrogen and oxygen atoms in total. The van der Waals surface area contributed by atoms with E-state index >= 15 is 0 Å². The lowest BCUT2D eigenvalue weighted by Gasteiger charge is -2.04. The monoisotopic (exact) mass is 330 g/mol. The van der Waals surface area contributed by atoms with E-state index in [1.165, 1.54) is 5.56 Å². The van der Waals surface area contributed by atoms with Crippen molar-refractivity contribution in [1.82, 2.24) is 4.98 Å². The third kappa shape index (κ3) is 3.46. The van der Waals surface area contributed by atoms with Crippen molar-refractivity contribution in [3.8, 4) is 28.5 Å². The first kappa shape index (κ1) is 16.5. The van der Waals surface area contributed by atoms with Gasteiger partial charge < -0.3 is 9.72 Å². The highest BCUT2D eigenvalue weighted by atomic mass is 16.5. The summed E-state index contributed by atoms with van der Waals surface area (Å²) in [5.41, 5.74) is 5.64. The van der Waals surface area contributed by atoms with Crippen LogP contribution in [0.2, 0.25) is 0 Å². The van der Waals surface area contributed by atoms with E-state index < -0.39 is 0 Å². The second-order valence-electron chi connectivity index (χ2n) is 5.75. The molecule has 3 rings (SSSR count). The quantitative estimate of drug-likeness (QED) is 0.705. The average Bonchev–Trinajstić information content (AvgIpc) is 3.08. The van der Waals surface area contributed by atoms with E-state index in [0.29, 0.717) is 17.9 Å². The lowest BCUT2D eigenvalue weighted by molar-refractivity contribution is 0.0521. The number of aromatic nitrogens is 1. The molecule has 0 aliphatic rings. The Hall–Kier alpha value is -3.32. The summed E-state index contributed by atoms with van der Waals surface area (Å²) in [6.07, 6.45) is 0. The van der Waals surface area contributed by atoms with Crippen molar-refractivity contribution >= 4 is 5.97 Å². The number of nitrogens with zero attached hydrogens (tertiary/aromatic N) is 1. The molecule has 3 aromatic rings. The van der Waals surface area contributed by atoms with Crippen LogP contribution in [0.4, 0.5) is 0 Å². The number of nitriles is 1. The minimum atomic E-state index is -0.389. The molecule has 0 saturated heterocycles. The third-order valence-corrected chi connectivity index (χ3v) is 3.98. The number of H-pyrrole nitrogens is 1. The Morgan fingerprint density at radius 3 is 2.32 bits per heavy atom. The van der Waals surface area contributed by atoms with Crippen molar-refractivity contribution < 1.29 is 9.53 Å². The summed E-state index contributed by atoms with van der Waals surface area (Å²) in [6.45, 7) is 4.12. The van der Waals surface area contributed by atoms with Crippen molar-refractivity contribution in [3.05, 3.63) is 71.4 Å². The van der Waals surface area contributed by atoms with Crippen LogP contribution in [0, 0.1) is 18.3 Å². The third-order valence-electron chi connectivity index (χ3n) is 3.98. The average molecular weight is 330 g/mol. The Morgan fingerprint density at radius 1 is 1.08 bits per heavy atom. The summed E-state index contributed by atoms with van der Waals surface area (Å²) in [5, 5.41) is 8.96. The SMILES string of the molecule is CCOC(=O)c1[nH]c(-c2ccc(C)cc2)cc1-c1ccc(C#N)cc1. The Labute approximate surface area is 146 Å². The van der Waals surface area contributed by atoms with Gasteiger partial charge in [0.2, 0.25) is 0 Å². The second-order valence-corrected chi connectivity index (χ2v) is 5.75. The molecule has 0 aliphatic carbocycles. The maximum Gasteiger partial charge on any atom is 0.355 e. The van der Waals surface area contributed by atoms with Crippen molar-refractivity contribution in [2.75, 3.05) is 6.61 Å². The van der Waals surface area contributed by atoms with Gasteiger partial charge in [-0.05, 0) is 43.2 Å². The summed E-state index contributed by atoms with van der Waals surface area (Å²) >= 11 is 0. The fraction of sp³-hybridized carbons (Fsp3) is 0.143. The molecule has 1 aromatic heterocycles. The number of aryl methyl sites for hydroxylation is 1. The lowest BCUT2D eigenvalue weighted by atomic mass is 10.0. The van der Waals surface area contributed by atoms with Gasteiger partial charge >= 0.3 is 5.97 Å². The Kier molecular flexibility index (Phi) is 4.67. The molecule has 0 atom stereocenters. The summed E-state index contributed by atoms with van der Waals surface area (Å²) in [5.74, 6) is -0.389. The molecule has 0 amide bonds. The van der Waals surface area contributed by atoms with E-state index in [1.807, 2.05) is 49.4 Å². The van der Waals surface area contributed by atoms with Crippen LogP contribution < -0.4 is 0 Å². The molecule has 25 heavy (non-hydrogen) atoms. The van der Waals surface area contributed by atoms with Gasteiger partial charge in [0.15, 0.2) is 0 Å². The predicted octanol–water partition coefficient (Wildman–Crippen LogP) is 4.71. The van der Waals surface area contributed by atoms with Crippen LogP contribution in [0.1, 0.15) is 28.5 Å². The van der Waals surface area contributed by atoms with Crippen LogP contribution in [0.3, 0.4) is 0 Å². The van der Waals surface area contributed by atoms with Crippen molar-refractivity contribution in [2.45, 2.75) is 13.8 Å². The molecule has 0 bridgehead atoms. The first-order valence-electron chi connectivity index (χ1n) is 8.10. The molecule has 0 fully saturated rings. The molecule has 0 unspecified atom stereocenters. The van der Waals surface area contributed by atoms with Crippen molar-refractivity contribution in [3.63, 3.8) is 0 Å². The maximum absolute atomic E-state index is 12.4. The number of hydrogen-bond donors (Lipinski definition) is 1. The molecule has 0 radical (unpaired) electrons. The smallest absolute Gasteiger partial charge is 0.355 e. The molecule has 1 N–H and O–H groups in total. The van der Waals surface area contributed by atoms with Crippen molar-refractivity contribution in [2.24, 2.45) is 0 Å². The van der Waals surface area contributed by atoms with Crippen LogP contribution in [-0.4, -0.2) is 17.6 Å². The molecule has 124 valence electrons. The largest absolute Gasteiger partial charge is 0.461 e. The van der Waals surface area contributed by atoms with Gasteiger partial charge in [-0.15, -0.1) is 0 Å². The fourth-order valence-electron chi connectivity index (χ4n) is 2.66. The van der Waals surface area contributed by atoms with E-state index in [-0.39, 0.29) is 5.97 Å². The number of esters is 1. The minimum Gasteiger partial charge on any atom is -0.461 e. The van der Waals surface area contributed by atoms with Gasteiger partial charge in [-0.3, -0.25) is 0 Å². The van der Waals surface area contributed by atoms with E-state index in [0.717, 1.165) is 22.4 Å². The van der Waals surface area contributed by atoms with Crippen LogP contribution >= 0.6 is 0 Å². The number of aromatic amines is 1. The molecule has 2 aromatic carbocycles. The summed E-state index contributed by atoms with van der Waals surface area (Å²) in [4.78, 5) is 15.5. The zero-order chi connectivity index (χ0) is 17.8. The summed E-state index contributed by atoms with van der Waals surface area (Å²) in [7, 11) is 0. The van der Waals surface area contributed by atoms with Gasteiger partial charge in [-0.25, -0.2) is 4.79 Å². The number of rotatable bonds is 4. The van der Waals surface area contributed by atoms with Gasteiger partial charge in [0.25, 0.3) is 0 Å². The highest BCUT2D eigenvalue weighted by molar-refractivity contribution is 5.97. The zero-order valence-electron chi connectivity index (χ0n) is 14.2. The molecule has 0 aliphatic heterocycles. The van der Waals surface area contributed by atoms with E-state index in [4.69, 9.17) is 10.00 Å². The fourth-order valence-corrected chi connectivity index (χ4v) is 2.66. The number of benzene rings is 2. The molecule has 4 heteroatoms. The highest BCUT2D eigenvalue weighted by Crippen LogP contribution is 2.30. The lowest BCUT2D eigenvalue weighted by Crippen LogP contribution is -2.06. The highest BCUT2D eigenvalue weighted by Gasteiger charge is 2.18. The van der Waals surface area contributed by atoms with Crippen LogP contribution in [0.15, 0.2) is 54.6 Å². The topological polar surface area (TPSA) is 65.9 Å². The zero-order valence-corrected chi connectivity index (χ0v) is 14.2. The molecular weight excluding hydrogens is 312 g/mol. The molecule has 0 spiro atoms. The molecular formula is C21H18N2O2. The van der Waals surface area contributed by atoms with Gasteiger partial charge in [0.1, 0.15) is 5.69 Å². The van der Waals surface area contributed by atoms with Gasteiger partial charge in [-0.1, -0.05) is 42.0 Å². The predicted molar refractivity (Wildman–Crippen MR) is 97.1 cm³/mol. The van der Waals surface area contributed by atoms with E-state index in [1.54, 1.807) is 19.1 Å². The van der Waals surface area contributed by atoms with Crippen molar-refractivity contribution in [1.29, 1.82) is 5.26 Å². The molecule has 0 saturated carbocycles. The van der Waals surface area contributed by atoms with E-state index in [2.05, 4.69) is 11.1 Å². The standard InChI is InChI=1S/C21H18N2O2/c1-3-25-21(24)20-18(16-10-6-15(13-22)7-11-16)12-19(23-20)17-8-4-14(2)5-9-17/h4-12,23H,3H2,1-2H3. The molecule has 1 heterocycles. The van der Waals surface area contributed by atoms with Crippen LogP contribution in [0.5, 0.6) is 0 Å². The number of carbonyl (C=O) groups excluding carboxylic acids is 1. The maximum atomic E-state index is 12.4. The Balaban J connectivity index is 2.09. The summed E-state index contributed by atoms with van der Waals surface area (Å²) in [6, 6.07) is 19.3. The normalized spacial score (nSPS) is 10.3. The number of ether oxygens (including phenoxy) is 1. The number of nitrogens with one attached hydrogen (secondary N) is 1. The van der Waals surface area contributed by atoms with Gasteiger partial charge in [-0.2, -0.15) is 5.26 Å². The second kappa shape index (κ2) is 7.06. The first-order valence-corrected chi connectivity index (χ1v) is 8.10. The van der Waals surface area contributed by atoms with Crippen LogP contribution in [0.25, 0.3) is 22.4 Å². The Bertz CT molecular complexity index is 930. The Morgan fingerprint density at radius 2 is 1.72 bits per heavy atom. The first-order chi connectivity index (χ1) is 12.1. The van der Waals surface area contributed by atoms with Gasteiger partial charge in [0, 0.05) is 11.3 Å². The summed E-state index contributed by atoms with van der Waals surface area (Å²) < 4.78 is 5.18. The minimum absolute atomic E-state index is 0.310.